The summed E-state index contributed by atoms with van der Waals surface area (Å²) in [7, 11) is 0. The van der Waals surface area contributed by atoms with Crippen LogP contribution in [0.5, 0.6) is 0 Å². The molecule has 0 fully saturated rings. The van der Waals surface area contributed by atoms with Gasteiger partial charge in [-0.25, -0.2) is 4.79 Å². The van der Waals surface area contributed by atoms with E-state index >= 15 is 0 Å². The summed E-state index contributed by atoms with van der Waals surface area (Å²) in [4.78, 5) is 32.6. The van der Waals surface area contributed by atoms with Crippen molar-refractivity contribution in [2.75, 3.05) is 6.61 Å². The molecule has 0 spiro atoms. The van der Waals surface area contributed by atoms with E-state index < -0.39 is 61.4 Å². The number of aldehydes is 2. The minimum Gasteiger partial charge on any atom is -0.450 e. The zero-order valence-electron chi connectivity index (χ0n) is 12.2. The predicted molar refractivity (Wildman–Crippen MR) is 71.1 cm³/mol. The first-order valence-electron chi connectivity index (χ1n) is 6.60. The van der Waals surface area contributed by atoms with E-state index in [0.29, 0.717) is 0 Å². The van der Waals surface area contributed by atoms with E-state index in [9.17, 15) is 39.9 Å². The molecule has 8 atom stereocenters. The highest BCUT2D eigenvalue weighted by molar-refractivity contribution is 5.77. The highest BCUT2D eigenvalue weighted by atomic mass is 16.6. The zero-order chi connectivity index (χ0) is 19.0. The largest absolute Gasteiger partial charge is 0.450 e. The van der Waals surface area contributed by atoms with Gasteiger partial charge in [-0.15, -0.1) is 0 Å². The summed E-state index contributed by atoms with van der Waals surface area (Å²) in [6, 6.07) is 0. The number of hydrogen-bond donors (Lipinski definition) is 8. The molecule has 0 aliphatic rings. The fourth-order valence-corrected chi connectivity index (χ4v) is 1.52. The molecule has 12 nitrogen and oxygen atoms in total. The van der Waals surface area contributed by atoms with Crippen LogP contribution in [0.4, 0.5) is 0 Å². The normalized spacial score (nSPS) is 21.5. The van der Waals surface area contributed by atoms with Crippen molar-refractivity contribution in [1.29, 1.82) is 0 Å². The van der Waals surface area contributed by atoms with Crippen molar-refractivity contribution in [2.45, 2.75) is 48.8 Å². The van der Waals surface area contributed by atoms with Gasteiger partial charge < -0.3 is 50.4 Å². The van der Waals surface area contributed by atoms with Crippen molar-refractivity contribution in [1.82, 2.24) is 0 Å². The average Bonchev–Trinajstić information content (AvgIpc) is 2.60. The fraction of sp³-hybridized carbons (Fsp3) is 0.750. The number of carbonyl (C=O) groups excluding carboxylic acids is 3. The van der Waals surface area contributed by atoms with Gasteiger partial charge in [0, 0.05) is 0 Å². The van der Waals surface area contributed by atoms with E-state index in [2.05, 4.69) is 4.74 Å². The van der Waals surface area contributed by atoms with Gasteiger partial charge in [0.2, 0.25) is 0 Å². The van der Waals surface area contributed by atoms with Crippen LogP contribution in [0.3, 0.4) is 0 Å². The van der Waals surface area contributed by atoms with Crippen molar-refractivity contribution in [2.24, 2.45) is 0 Å². The van der Waals surface area contributed by atoms with E-state index in [1.54, 1.807) is 0 Å². The van der Waals surface area contributed by atoms with Crippen LogP contribution in [0.15, 0.2) is 0 Å². The molecule has 0 saturated carbocycles. The molecule has 0 aliphatic carbocycles. The first-order chi connectivity index (χ1) is 11.1. The molecule has 0 aliphatic heterocycles. The lowest BCUT2D eigenvalue weighted by molar-refractivity contribution is -0.185. The number of ether oxygens (including phenoxy) is 1. The van der Waals surface area contributed by atoms with Gasteiger partial charge in [0.05, 0.1) is 6.61 Å². The van der Waals surface area contributed by atoms with Crippen molar-refractivity contribution >= 4 is 18.5 Å². The van der Waals surface area contributed by atoms with Crippen LogP contribution in [0, 0.1) is 0 Å². The van der Waals surface area contributed by atoms with Crippen LogP contribution in [0.1, 0.15) is 0 Å². The molecule has 0 heterocycles. The summed E-state index contributed by atoms with van der Waals surface area (Å²) in [6.07, 6.45) is -17.8. The van der Waals surface area contributed by atoms with E-state index in [1.807, 2.05) is 0 Å². The number of aliphatic hydroxyl groups excluding tert-OH is 8. The Morgan fingerprint density at radius 1 is 0.833 bits per heavy atom. The Balaban J connectivity index is 4.91. The van der Waals surface area contributed by atoms with E-state index in [4.69, 9.17) is 15.3 Å². The Morgan fingerprint density at radius 3 is 1.79 bits per heavy atom. The summed E-state index contributed by atoms with van der Waals surface area (Å²) in [5, 5.41) is 73.9. The lowest BCUT2D eigenvalue weighted by Gasteiger charge is -2.27. The SMILES string of the molecule is O=C[C@H](OC(=O)[C@@H](O)[C@H](O)[C@H](O)[C@@H](O)C=O)[C@@H](O)[C@@H](O)[C@H](O)CO. The first kappa shape index (κ1) is 22.5. The predicted octanol–water partition coefficient (Wildman–Crippen LogP) is -6.19. The third kappa shape index (κ3) is 5.85. The maximum atomic E-state index is 11.6. The van der Waals surface area contributed by atoms with Gasteiger partial charge >= 0.3 is 5.97 Å². The van der Waals surface area contributed by atoms with Gasteiger partial charge in [0.1, 0.15) is 36.6 Å². The second-order valence-electron chi connectivity index (χ2n) is 4.82. The lowest BCUT2D eigenvalue weighted by Crippen LogP contribution is -2.52. The van der Waals surface area contributed by atoms with Gasteiger partial charge in [-0.1, -0.05) is 0 Å². The molecule has 0 saturated heterocycles. The number of aliphatic hydroxyl groups is 8. The third-order valence-corrected chi connectivity index (χ3v) is 3.06. The highest BCUT2D eigenvalue weighted by Crippen LogP contribution is 2.11. The Morgan fingerprint density at radius 2 is 1.38 bits per heavy atom. The number of rotatable bonds is 11. The number of esters is 1. The Kier molecular flexibility index (Phi) is 9.72. The van der Waals surface area contributed by atoms with Gasteiger partial charge in [-0.05, 0) is 0 Å². The molecule has 12 heteroatoms. The zero-order valence-corrected chi connectivity index (χ0v) is 12.2. The van der Waals surface area contributed by atoms with Gasteiger partial charge in [-0.3, -0.25) is 4.79 Å². The Bertz CT molecular complexity index is 415. The summed E-state index contributed by atoms with van der Waals surface area (Å²) in [5.74, 6) is -1.73. The van der Waals surface area contributed by atoms with Crippen molar-refractivity contribution in [3.8, 4) is 0 Å². The molecule has 140 valence electrons. The molecule has 0 aromatic heterocycles. The van der Waals surface area contributed by atoms with Crippen LogP contribution >= 0.6 is 0 Å². The number of carbonyl (C=O) groups is 3. The molecule has 0 rings (SSSR count). The van der Waals surface area contributed by atoms with E-state index in [-0.39, 0.29) is 12.6 Å². The monoisotopic (exact) mass is 356 g/mol. The molecular formula is C12H20O12. The summed E-state index contributed by atoms with van der Waals surface area (Å²) >= 11 is 0. The second kappa shape index (κ2) is 10.4. The molecule has 0 bridgehead atoms. The molecule has 0 aromatic carbocycles. The lowest BCUT2D eigenvalue weighted by atomic mass is 10.0. The Labute approximate surface area is 135 Å². The molecule has 0 radical (unpaired) electrons. The second-order valence-corrected chi connectivity index (χ2v) is 4.82. The topological polar surface area (TPSA) is 222 Å². The third-order valence-electron chi connectivity index (χ3n) is 3.06. The van der Waals surface area contributed by atoms with Crippen LogP contribution < -0.4 is 0 Å². The number of hydrogen-bond acceptors (Lipinski definition) is 12. The minimum absolute atomic E-state index is 0.161. The summed E-state index contributed by atoms with van der Waals surface area (Å²) in [5.41, 5.74) is 0. The van der Waals surface area contributed by atoms with Crippen molar-refractivity contribution in [3.05, 3.63) is 0 Å². The van der Waals surface area contributed by atoms with Gasteiger partial charge in [0.25, 0.3) is 0 Å². The van der Waals surface area contributed by atoms with E-state index in [0.717, 1.165) is 0 Å². The van der Waals surface area contributed by atoms with Crippen LogP contribution in [-0.4, -0.2) is 115 Å². The van der Waals surface area contributed by atoms with Gasteiger partial charge in [0.15, 0.2) is 24.8 Å². The van der Waals surface area contributed by atoms with Gasteiger partial charge in [-0.2, -0.15) is 0 Å². The van der Waals surface area contributed by atoms with Crippen LogP contribution in [0.25, 0.3) is 0 Å². The standard InChI is InChI=1S/C12H20O12/c13-1-4(16)7(18)9(20)6(3-15)24-12(23)11(22)10(21)8(19)5(17)2-14/h2-11,13,16-22H,1H2/t4-,5+,6+,7+,8-,9-,10-,11+/m1/s1. The Hall–Kier alpha value is -1.51. The molecule has 0 aromatic rings. The maximum Gasteiger partial charge on any atom is 0.338 e. The maximum absolute atomic E-state index is 11.6. The summed E-state index contributed by atoms with van der Waals surface area (Å²) in [6.45, 7) is -0.977. The molecule has 0 unspecified atom stereocenters. The fourth-order valence-electron chi connectivity index (χ4n) is 1.52. The van der Waals surface area contributed by atoms with Crippen molar-refractivity contribution in [3.63, 3.8) is 0 Å². The van der Waals surface area contributed by atoms with Crippen LogP contribution in [0.2, 0.25) is 0 Å². The van der Waals surface area contributed by atoms with Crippen LogP contribution in [-0.2, 0) is 19.1 Å². The van der Waals surface area contributed by atoms with E-state index in [1.165, 1.54) is 0 Å². The van der Waals surface area contributed by atoms with Crippen molar-refractivity contribution < 1.29 is 60.0 Å². The first-order valence-corrected chi connectivity index (χ1v) is 6.60. The molecule has 0 amide bonds. The highest BCUT2D eigenvalue weighted by Gasteiger charge is 2.39. The molecule has 24 heavy (non-hydrogen) atoms. The summed E-state index contributed by atoms with van der Waals surface area (Å²) < 4.78 is 4.32. The molecule has 8 N–H and O–H groups in total. The minimum atomic E-state index is -2.51. The quantitative estimate of drug-likeness (QED) is 0.128. The smallest absolute Gasteiger partial charge is 0.338 e. The molecular weight excluding hydrogens is 336 g/mol. The average molecular weight is 356 g/mol.